The third-order valence-electron chi connectivity index (χ3n) is 7.85. The zero-order chi connectivity index (χ0) is 25.8. The molecule has 1 amide bonds. The van der Waals surface area contributed by atoms with Crippen LogP contribution in [0.3, 0.4) is 0 Å². The van der Waals surface area contributed by atoms with Crippen molar-refractivity contribution in [1.29, 1.82) is 0 Å². The van der Waals surface area contributed by atoms with E-state index < -0.39 is 0 Å². The van der Waals surface area contributed by atoms with E-state index >= 15 is 0 Å². The highest BCUT2D eigenvalue weighted by Crippen LogP contribution is 2.40. The number of hydrogen-bond donors (Lipinski definition) is 0. The Bertz CT molecular complexity index is 1210. The summed E-state index contributed by atoms with van der Waals surface area (Å²) in [6.07, 6.45) is 9.29. The van der Waals surface area contributed by atoms with Gasteiger partial charge in [0.1, 0.15) is 22.2 Å². The summed E-state index contributed by atoms with van der Waals surface area (Å²) in [6, 6.07) is 7.61. The Balaban J connectivity index is 1.34. The van der Waals surface area contributed by atoms with Gasteiger partial charge in [-0.3, -0.25) is 4.79 Å². The highest BCUT2D eigenvalue weighted by molar-refractivity contribution is 7.19. The molecule has 6 nitrogen and oxygen atoms in total. The van der Waals surface area contributed by atoms with Gasteiger partial charge >= 0.3 is 0 Å². The number of carbonyl (C=O) groups excluding carboxylic acids is 1. The number of aromatic nitrogens is 2. The molecule has 1 atom stereocenters. The summed E-state index contributed by atoms with van der Waals surface area (Å²) < 4.78 is 5.76. The van der Waals surface area contributed by atoms with Crippen LogP contribution in [0.2, 0.25) is 0 Å². The van der Waals surface area contributed by atoms with Crippen molar-refractivity contribution < 1.29 is 9.53 Å². The van der Waals surface area contributed by atoms with Crippen LogP contribution in [0, 0.1) is 0 Å². The highest BCUT2D eigenvalue weighted by Gasteiger charge is 2.28. The van der Waals surface area contributed by atoms with Crippen LogP contribution in [0.5, 0.6) is 5.75 Å². The summed E-state index contributed by atoms with van der Waals surface area (Å²) in [5, 5.41) is 1.28. The lowest BCUT2D eigenvalue weighted by molar-refractivity contribution is 0.0746. The summed E-state index contributed by atoms with van der Waals surface area (Å²) in [7, 11) is 0. The fourth-order valence-corrected chi connectivity index (χ4v) is 6.56. The lowest BCUT2D eigenvalue weighted by Crippen LogP contribution is -2.49. The Hall–Kier alpha value is -2.67. The number of benzene rings is 1. The number of unbranched alkanes of at least 4 members (excludes halogenated alkanes) is 1. The second kappa shape index (κ2) is 11.8. The third-order valence-corrected chi connectivity index (χ3v) is 9.04. The first-order valence-electron chi connectivity index (χ1n) is 14.2. The number of aryl methyl sites for hydroxylation is 2. The van der Waals surface area contributed by atoms with Gasteiger partial charge in [0.15, 0.2) is 0 Å². The van der Waals surface area contributed by atoms with Crippen molar-refractivity contribution in [3.8, 4) is 5.75 Å². The minimum absolute atomic E-state index is 0.0947. The van der Waals surface area contributed by atoms with E-state index in [-0.39, 0.29) is 5.91 Å². The van der Waals surface area contributed by atoms with E-state index in [0.29, 0.717) is 25.6 Å². The van der Waals surface area contributed by atoms with E-state index in [2.05, 4.69) is 25.7 Å². The quantitative estimate of drug-likeness (QED) is 0.247. The van der Waals surface area contributed by atoms with Crippen LogP contribution in [0.25, 0.3) is 10.2 Å². The molecule has 0 spiro atoms. The van der Waals surface area contributed by atoms with Gasteiger partial charge in [-0.05, 0) is 68.4 Å². The van der Waals surface area contributed by atoms with E-state index in [9.17, 15) is 4.79 Å². The van der Waals surface area contributed by atoms with Gasteiger partial charge in [-0.1, -0.05) is 33.6 Å². The first-order chi connectivity index (χ1) is 18.1. The minimum Gasteiger partial charge on any atom is -0.494 e. The Morgan fingerprint density at radius 3 is 2.51 bits per heavy atom. The number of thiophene rings is 1. The number of carbonyl (C=O) groups is 1. The zero-order valence-corrected chi connectivity index (χ0v) is 23.4. The van der Waals surface area contributed by atoms with Crippen LogP contribution < -0.4 is 9.64 Å². The summed E-state index contributed by atoms with van der Waals surface area (Å²) >= 11 is 1.89. The molecule has 198 valence electrons. The van der Waals surface area contributed by atoms with E-state index in [4.69, 9.17) is 14.7 Å². The number of hydrogen-bond acceptors (Lipinski definition) is 6. The molecular formula is C30H40N4O2S. The van der Waals surface area contributed by atoms with Gasteiger partial charge in [-0.25, -0.2) is 9.97 Å². The van der Waals surface area contributed by atoms with Crippen LogP contribution in [0.15, 0.2) is 24.3 Å². The maximum atomic E-state index is 13.2. The molecule has 1 saturated heterocycles. The van der Waals surface area contributed by atoms with E-state index in [1.807, 2.05) is 40.5 Å². The molecule has 5 rings (SSSR count). The van der Waals surface area contributed by atoms with Gasteiger partial charge < -0.3 is 14.5 Å². The molecule has 3 aromatic rings. The molecule has 0 unspecified atom stereocenters. The monoisotopic (exact) mass is 520 g/mol. The lowest BCUT2D eigenvalue weighted by atomic mass is 10.1. The van der Waals surface area contributed by atoms with Crippen molar-refractivity contribution in [2.45, 2.75) is 78.1 Å². The Morgan fingerprint density at radius 2 is 1.78 bits per heavy atom. The fraction of sp³-hybridized carbons (Fsp3) is 0.567. The maximum absolute atomic E-state index is 13.2. The van der Waals surface area contributed by atoms with Gasteiger partial charge in [-0.2, -0.15) is 0 Å². The van der Waals surface area contributed by atoms with Crippen LogP contribution >= 0.6 is 11.3 Å². The van der Waals surface area contributed by atoms with Gasteiger partial charge in [0.2, 0.25) is 0 Å². The van der Waals surface area contributed by atoms with Gasteiger partial charge in [0.25, 0.3) is 5.91 Å². The smallest absolute Gasteiger partial charge is 0.253 e. The number of fused-ring (bicyclic) bond motifs is 3. The molecule has 1 aromatic carbocycles. The van der Waals surface area contributed by atoms with Gasteiger partial charge in [0, 0.05) is 42.5 Å². The molecular weight excluding hydrogens is 480 g/mol. The molecule has 3 heterocycles. The van der Waals surface area contributed by atoms with Gasteiger partial charge in [0.05, 0.1) is 12.0 Å². The van der Waals surface area contributed by atoms with Crippen LogP contribution in [-0.4, -0.2) is 53.6 Å². The molecule has 7 heteroatoms. The first kappa shape index (κ1) is 26.0. The SMILES string of the molecule is CCCCOc1ccc(C(=O)N2CCN(c3nc([C@@H](C)CC)nc4sc5c(c34)CCCCC5)CC2)cc1. The molecule has 0 saturated carbocycles. The Kier molecular flexibility index (Phi) is 8.28. The summed E-state index contributed by atoms with van der Waals surface area (Å²) in [6.45, 7) is 10.3. The lowest BCUT2D eigenvalue weighted by Gasteiger charge is -2.36. The number of rotatable bonds is 8. The molecule has 0 bridgehead atoms. The highest BCUT2D eigenvalue weighted by atomic mass is 32.1. The summed E-state index contributed by atoms with van der Waals surface area (Å²) in [5.74, 6) is 3.32. The van der Waals surface area contributed by atoms with Crippen LogP contribution in [0.4, 0.5) is 5.82 Å². The second-order valence-electron chi connectivity index (χ2n) is 10.5. The molecule has 1 aliphatic carbocycles. The largest absolute Gasteiger partial charge is 0.494 e. The normalized spacial score (nSPS) is 16.9. The first-order valence-corrected chi connectivity index (χ1v) is 15.0. The number of ether oxygens (including phenoxy) is 1. The van der Waals surface area contributed by atoms with Gasteiger partial charge in [-0.15, -0.1) is 11.3 Å². The van der Waals surface area contributed by atoms with Crippen molar-refractivity contribution in [2.75, 3.05) is 37.7 Å². The molecule has 0 radical (unpaired) electrons. The number of nitrogens with zero attached hydrogens (tertiary/aromatic N) is 4. The molecule has 2 aliphatic rings. The summed E-state index contributed by atoms with van der Waals surface area (Å²) in [5.41, 5.74) is 2.21. The maximum Gasteiger partial charge on any atom is 0.253 e. The fourth-order valence-electron chi connectivity index (χ4n) is 5.29. The van der Waals surface area contributed by atoms with Crippen molar-refractivity contribution in [3.63, 3.8) is 0 Å². The third kappa shape index (κ3) is 5.62. The summed E-state index contributed by atoms with van der Waals surface area (Å²) in [4.78, 5) is 30.5. The number of anilines is 1. The number of piperazine rings is 1. The Morgan fingerprint density at radius 1 is 1.03 bits per heavy atom. The molecule has 1 fully saturated rings. The van der Waals surface area contributed by atoms with Crippen molar-refractivity contribution >= 4 is 33.3 Å². The number of amides is 1. The van der Waals surface area contributed by atoms with E-state index in [1.54, 1.807) is 0 Å². The van der Waals surface area contributed by atoms with Crippen molar-refractivity contribution in [2.24, 2.45) is 0 Å². The van der Waals surface area contributed by atoms with Crippen molar-refractivity contribution in [3.05, 3.63) is 46.1 Å². The molecule has 2 aromatic heterocycles. The predicted octanol–water partition coefficient (Wildman–Crippen LogP) is 6.62. The van der Waals surface area contributed by atoms with Crippen LogP contribution in [-0.2, 0) is 12.8 Å². The average molecular weight is 521 g/mol. The molecule has 37 heavy (non-hydrogen) atoms. The Labute approximate surface area is 225 Å². The van der Waals surface area contributed by atoms with Crippen molar-refractivity contribution in [1.82, 2.24) is 14.9 Å². The second-order valence-corrected chi connectivity index (χ2v) is 11.5. The standard InChI is InChI=1S/C30H40N4O2S/c1-4-6-20-36-23-14-12-22(13-15-23)30(35)34-18-16-33(17-19-34)28-26-24-10-8-7-9-11-25(24)37-29(26)32-27(31-28)21(3)5-2/h12-15,21H,4-11,16-20H2,1-3H3/t21-/m0/s1. The predicted molar refractivity (Wildman–Crippen MR) is 152 cm³/mol. The van der Waals surface area contributed by atoms with E-state index in [0.717, 1.165) is 66.6 Å². The van der Waals surface area contributed by atoms with Crippen LogP contribution in [0.1, 0.15) is 91.8 Å². The molecule has 1 aliphatic heterocycles. The molecule has 0 N–H and O–H groups in total. The minimum atomic E-state index is 0.0947. The topological polar surface area (TPSA) is 58.6 Å². The zero-order valence-electron chi connectivity index (χ0n) is 22.6. The average Bonchev–Trinajstić information content (AvgIpc) is 3.13. The van der Waals surface area contributed by atoms with E-state index in [1.165, 1.54) is 41.5 Å².